The lowest BCUT2D eigenvalue weighted by atomic mass is 9.97. The molecule has 1 atom stereocenters. The Labute approximate surface area is 179 Å². The molecule has 1 saturated heterocycles. The molecule has 170 valence electrons. The van der Waals surface area contributed by atoms with Crippen LogP contribution in [0.1, 0.15) is 36.2 Å². The maximum Gasteiger partial charge on any atom is 0.424 e. The molecule has 2 amide bonds. The van der Waals surface area contributed by atoms with Crippen molar-refractivity contribution < 1.29 is 23.1 Å². The van der Waals surface area contributed by atoms with Crippen LogP contribution in [0.4, 0.5) is 18.0 Å². The van der Waals surface area contributed by atoms with E-state index in [1.807, 2.05) is 24.3 Å². The molecule has 1 aromatic heterocycles. The predicted octanol–water partition coefficient (Wildman–Crippen LogP) is 2.66. The molecule has 1 fully saturated rings. The number of aryl methyl sites for hydroxylation is 1. The predicted molar refractivity (Wildman–Crippen MR) is 109 cm³/mol. The summed E-state index contributed by atoms with van der Waals surface area (Å²) < 4.78 is 41.7. The summed E-state index contributed by atoms with van der Waals surface area (Å²) in [6.07, 6.45) is -0.798. The van der Waals surface area contributed by atoms with Crippen LogP contribution >= 0.6 is 0 Å². The number of benzene rings is 1. The minimum Gasteiger partial charge on any atom is -0.374 e. The van der Waals surface area contributed by atoms with Gasteiger partial charge < -0.3 is 20.3 Å². The van der Waals surface area contributed by atoms with E-state index in [2.05, 4.69) is 20.5 Å². The molecule has 0 unspecified atom stereocenters. The maximum absolute atomic E-state index is 13.5. The number of imidazole rings is 1. The van der Waals surface area contributed by atoms with Crippen molar-refractivity contribution >= 4 is 6.03 Å². The Morgan fingerprint density at radius 2 is 1.84 bits per heavy atom. The Bertz CT molecular complexity index is 880. The molecular formula is C21H28F3N5O2. The summed E-state index contributed by atoms with van der Waals surface area (Å²) in [7, 11) is 1.37. The first-order valence-electron chi connectivity index (χ1n) is 10.3. The highest BCUT2D eigenvalue weighted by molar-refractivity contribution is 5.73. The van der Waals surface area contributed by atoms with Crippen LogP contribution in [0, 0.1) is 0 Å². The van der Waals surface area contributed by atoms with Crippen molar-refractivity contribution in [2.75, 3.05) is 19.6 Å². The highest BCUT2D eigenvalue weighted by Crippen LogP contribution is 2.40. The summed E-state index contributed by atoms with van der Waals surface area (Å²) in [6.45, 7) is 2.81. The topological polar surface area (TPSA) is 82.4 Å². The summed E-state index contributed by atoms with van der Waals surface area (Å²) in [6, 6.07) is 7.18. The van der Waals surface area contributed by atoms with Gasteiger partial charge in [-0.2, -0.15) is 13.2 Å². The zero-order valence-electron chi connectivity index (χ0n) is 17.5. The molecule has 2 heterocycles. The van der Waals surface area contributed by atoms with E-state index < -0.39 is 30.1 Å². The molecular weight excluding hydrogens is 411 g/mol. The first-order valence-corrected chi connectivity index (χ1v) is 10.3. The third-order valence-electron chi connectivity index (χ3n) is 5.58. The molecule has 10 heteroatoms. The number of nitrogens with zero attached hydrogens (tertiary/aromatic N) is 3. The number of aliphatic hydroxyl groups is 1. The minimum absolute atomic E-state index is 0.263. The molecule has 0 aliphatic carbocycles. The molecule has 3 N–H and O–H groups in total. The van der Waals surface area contributed by atoms with Gasteiger partial charge in [-0.25, -0.2) is 9.78 Å². The second-order valence-electron chi connectivity index (χ2n) is 7.83. The molecule has 1 aliphatic rings. The van der Waals surface area contributed by atoms with E-state index in [0.29, 0.717) is 0 Å². The van der Waals surface area contributed by atoms with E-state index >= 15 is 0 Å². The van der Waals surface area contributed by atoms with Crippen molar-refractivity contribution in [3.63, 3.8) is 0 Å². The van der Waals surface area contributed by atoms with Gasteiger partial charge >= 0.3 is 12.2 Å². The first-order chi connectivity index (χ1) is 14.7. The number of halogens is 3. The van der Waals surface area contributed by atoms with Gasteiger partial charge in [0.2, 0.25) is 5.60 Å². The van der Waals surface area contributed by atoms with Crippen LogP contribution < -0.4 is 10.6 Å². The third-order valence-corrected chi connectivity index (χ3v) is 5.58. The average Bonchev–Trinajstić information content (AvgIpc) is 3.38. The van der Waals surface area contributed by atoms with Gasteiger partial charge in [-0.1, -0.05) is 24.3 Å². The van der Waals surface area contributed by atoms with E-state index in [0.717, 1.165) is 35.3 Å². The van der Waals surface area contributed by atoms with E-state index in [-0.39, 0.29) is 13.1 Å². The number of rotatable bonds is 8. The Hall–Kier alpha value is -2.59. The third kappa shape index (κ3) is 5.56. The smallest absolute Gasteiger partial charge is 0.374 e. The van der Waals surface area contributed by atoms with Gasteiger partial charge in [-0.05, 0) is 37.1 Å². The number of likely N-dealkylation sites (tertiary alicyclic amines) is 1. The fourth-order valence-electron chi connectivity index (χ4n) is 3.81. The zero-order chi connectivity index (χ0) is 22.5. The summed E-state index contributed by atoms with van der Waals surface area (Å²) >= 11 is 0. The Morgan fingerprint density at radius 1 is 1.16 bits per heavy atom. The number of amides is 2. The van der Waals surface area contributed by atoms with Crippen LogP contribution in [0.2, 0.25) is 0 Å². The summed E-state index contributed by atoms with van der Waals surface area (Å²) in [5, 5.41) is 15.4. The SMILES string of the molecule is Cn1ccnc1[C@@](O)(CCNC(=O)NCc1ccccc1CN1CCCC1)C(F)(F)F. The number of alkyl halides is 3. The van der Waals surface area contributed by atoms with Crippen molar-refractivity contribution in [3.8, 4) is 0 Å². The van der Waals surface area contributed by atoms with Crippen LogP contribution in [0.3, 0.4) is 0 Å². The number of hydrogen-bond acceptors (Lipinski definition) is 4. The van der Waals surface area contributed by atoms with Crippen LogP contribution in [0.15, 0.2) is 36.7 Å². The van der Waals surface area contributed by atoms with E-state index in [1.54, 1.807) is 0 Å². The monoisotopic (exact) mass is 439 g/mol. The Balaban J connectivity index is 1.53. The lowest BCUT2D eigenvalue weighted by Crippen LogP contribution is -2.47. The van der Waals surface area contributed by atoms with Crippen molar-refractivity contribution in [3.05, 3.63) is 53.6 Å². The van der Waals surface area contributed by atoms with Crippen molar-refractivity contribution in [1.82, 2.24) is 25.1 Å². The normalized spacial score (nSPS) is 16.8. The number of carbonyl (C=O) groups is 1. The van der Waals surface area contributed by atoms with Crippen LogP contribution in [-0.2, 0) is 25.7 Å². The van der Waals surface area contributed by atoms with Gasteiger partial charge in [-0.15, -0.1) is 0 Å². The highest BCUT2D eigenvalue weighted by Gasteiger charge is 2.57. The second-order valence-corrected chi connectivity index (χ2v) is 7.83. The number of carbonyl (C=O) groups excluding carboxylic acids is 1. The van der Waals surface area contributed by atoms with E-state index in [9.17, 15) is 23.1 Å². The van der Waals surface area contributed by atoms with Gasteiger partial charge in [0.1, 0.15) is 5.82 Å². The number of nitrogens with one attached hydrogen (secondary N) is 2. The molecule has 31 heavy (non-hydrogen) atoms. The molecule has 7 nitrogen and oxygen atoms in total. The molecule has 0 saturated carbocycles. The lowest BCUT2D eigenvalue weighted by molar-refractivity contribution is -0.272. The Kier molecular flexibility index (Phi) is 7.22. The van der Waals surface area contributed by atoms with Gasteiger partial charge in [0.15, 0.2) is 0 Å². The van der Waals surface area contributed by atoms with Crippen LogP contribution in [0.25, 0.3) is 0 Å². The fraction of sp³-hybridized carbons (Fsp3) is 0.524. The quantitative estimate of drug-likeness (QED) is 0.591. The molecule has 2 aromatic rings. The summed E-state index contributed by atoms with van der Waals surface area (Å²) in [4.78, 5) is 18.1. The fourth-order valence-corrected chi connectivity index (χ4v) is 3.81. The molecule has 3 rings (SSSR count). The average molecular weight is 439 g/mol. The van der Waals surface area contributed by atoms with Crippen molar-refractivity contribution in [2.45, 2.75) is 44.1 Å². The van der Waals surface area contributed by atoms with Gasteiger partial charge in [-0.3, -0.25) is 4.90 Å². The Morgan fingerprint density at radius 3 is 2.45 bits per heavy atom. The molecule has 0 bridgehead atoms. The molecule has 1 aromatic carbocycles. The van der Waals surface area contributed by atoms with Gasteiger partial charge in [0.05, 0.1) is 0 Å². The molecule has 1 aliphatic heterocycles. The lowest BCUT2D eigenvalue weighted by Gasteiger charge is -2.30. The van der Waals surface area contributed by atoms with Gasteiger partial charge in [0, 0.05) is 45.5 Å². The van der Waals surface area contributed by atoms with Crippen molar-refractivity contribution in [2.24, 2.45) is 7.05 Å². The standard InChI is InChI=1S/C21H28F3N5O2/c1-28-13-10-25-18(28)20(31,21(22,23)24)8-9-26-19(30)27-14-16-6-2-3-7-17(16)15-29-11-4-5-12-29/h2-3,6-7,10,13,31H,4-5,8-9,11-12,14-15H2,1H3,(H2,26,27,30)/t20-/m0/s1. The van der Waals surface area contributed by atoms with Crippen LogP contribution in [-0.4, -0.2) is 51.4 Å². The van der Waals surface area contributed by atoms with Gasteiger partial charge in [0.25, 0.3) is 0 Å². The number of hydrogen-bond donors (Lipinski definition) is 3. The molecule has 0 radical (unpaired) electrons. The van der Waals surface area contributed by atoms with Crippen molar-refractivity contribution in [1.29, 1.82) is 0 Å². The minimum atomic E-state index is -4.93. The number of urea groups is 1. The number of aromatic nitrogens is 2. The van der Waals surface area contributed by atoms with Crippen LogP contribution in [0.5, 0.6) is 0 Å². The maximum atomic E-state index is 13.5. The van der Waals surface area contributed by atoms with E-state index in [4.69, 9.17) is 0 Å². The summed E-state index contributed by atoms with van der Waals surface area (Å²) in [5.74, 6) is -0.516. The first kappa shape index (κ1) is 23.1. The second kappa shape index (κ2) is 9.69. The molecule has 0 spiro atoms. The van der Waals surface area contributed by atoms with E-state index in [1.165, 1.54) is 32.3 Å². The highest BCUT2D eigenvalue weighted by atomic mass is 19.4. The zero-order valence-corrected chi connectivity index (χ0v) is 17.5. The summed E-state index contributed by atoms with van der Waals surface area (Å²) in [5.41, 5.74) is -1.07. The largest absolute Gasteiger partial charge is 0.424 e.